The van der Waals surface area contributed by atoms with Crippen molar-refractivity contribution < 1.29 is 17.9 Å². The van der Waals surface area contributed by atoms with Crippen molar-refractivity contribution in [3.05, 3.63) is 130 Å². The summed E-state index contributed by atoms with van der Waals surface area (Å²) in [4.78, 5) is 12.3. The van der Waals surface area contributed by atoms with Crippen LogP contribution in [0.4, 0.5) is 0 Å². The first-order valence-corrected chi connectivity index (χ1v) is 14.1. The Balaban J connectivity index is 1.43. The van der Waals surface area contributed by atoms with Crippen molar-refractivity contribution in [1.82, 2.24) is 4.72 Å². The van der Waals surface area contributed by atoms with Gasteiger partial charge in [0.1, 0.15) is 16.6 Å². The number of para-hydroxylation sites is 1. The fraction of sp³-hybridized carbons (Fsp3) is 0.100. The minimum Gasteiger partial charge on any atom is -0.488 e. The van der Waals surface area contributed by atoms with Gasteiger partial charge < -0.3 is 4.74 Å². The maximum atomic E-state index is 12.3. The number of benzene rings is 3. The van der Waals surface area contributed by atoms with Crippen LogP contribution in [0.5, 0.6) is 5.75 Å². The lowest BCUT2D eigenvalue weighted by atomic mass is 10.0. The van der Waals surface area contributed by atoms with E-state index in [4.69, 9.17) is 4.74 Å². The summed E-state index contributed by atoms with van der Waals surface area (Å²) in [7, 11) is -3.86. The second kappa shape index (κ2) is 12.3. The molecule has 1 N–H and O–H groups in total. The fourth-order valence-electron chi connectivity index (χ4n) is 3.74. The molecular weight excluding hydrogens is 502 g/mol. The van der Waals surface area contributed by atoms with E-state index < -0.39 is 15.9 Å². The van der Waals surface area contributed by atoms with Crippen LogP contribution in [0.25, 0.3) is 12.2 Å². The second-order valence-corrected chi connectivity index (χ2v) is 11.2. The number of hydrogen-bond acceptors (Lipinski definition) is 5. The topological polar surface area (TPSA) is 72.5 Å². The van der Waals surface area contributed by atoms with Gasteiger partial charge >= 0.3 is 0 Å². The minimum absolute atomic E-state index is 0.0980. The lowest BCUT2D eigenvalue weighted by Crippen LogP contribution is -2.28. The summed E-state index contributed by atoms with van der Waals surface area (Å²) in [5.74, 6) is 0.181. The molecule has 1 amide bonds. The SMILES string of the molecule is Cc1cccc(C/C=C/c2ccccc2/C=C/C(=O)NS(=O)(=O)c2cccs2)c1OCc1ccccc1. The number of allylic oxidation sites excluding steroid dienone is 1. The number of carbonyl (C=O) groups is 1. The van der Waals surface area contributed by atoms with Crippen LogP contribution in [-0.2, 0) is 27.8 Å². The van der Waals surface area contributed by atoms with Crippen LogP contribution in [0.15, 0.2) is 107 Å². The lowest BCUT2D eigenvalue weighted by Gasteiger charge is -2.13. The van der Waals surface area contributed by atoms with E-state index in [0.717, 1.165) is 44.9 Å². The summed E-state index contributed by atoms with van der Waals surface area (Å²) in [6.07, 6.45) is 7.55. The highest BCUT2D eigenvalue weighted by Gasteiger charge is 2.17. The molecule has 0 radical (unpaired) electrons. The quantitative estimate of drug-likeness (QED) is 0.241. The van der Waals surface area contributed by atoms with Gasteiger partial charge in [-0.15, -0.1) is 11.3 Å². The van der Waals surface area contributed by atoms with E-state index in [-0.39, 0.29) is 4.21 Å². The number of hydrogen-bond donors (Lipinski definition) is 1. The van der Waals surface area contributed by atoms with Gasteiger partial charge in [-0.05, 0) is 58.7 Å². The highest BCUT2D eigenvalue weighted by Crippen LogP contribution is 2.26. The summed E-state index contributed by atoms with van der Waals surface area (Å²) >= 11 is 1.05. The fourth-order valence-corrected chi connectivity index (χ4v) is 5.67. The Kier molecular flexibility index (Phi) is 8.72. The van der Waals surface area contributed by atoms with Gasteiger partial charge in [0, 0.05) is 6.08 Å². The Morgan fingerprint density at radius 2 is 1.62 bits per heavy atom. The van der Waals surface area contributed by atoms with Crippen molar-refractivity contribution in [3.8, 4) is 5.75 Å². The smallest absolute Gasteiger partial charge is 0.273 e. The molecular formula is C30H27NO4S2. The summed E-state index contributed by atoms with van der Waals surface area (Å²) < 4.78 is 32.9. The first-order valence-electron chi connectivity index (χ1n) is 11.7. The molecule has 0 bridgehead atoms. The molecule has 0 aliphatic heterocycles. The summed E-state index contributed by atoms with van der Waals surface area (Å²) in [6.45, 7) is 2.54. The maximum Gasteiger partial charge on any atom is 0.273 e. The number of carbonyl (C=O) groups excluding carboxylic acids is 1. The van der Waals surface area contributed by atoms with Gasteiger partial charge in [-0.3, -0.25) is 4.79 Å². The Hall–Kier alpha value is -3.94. The van der Waals surface area contributed by atoms with E-state index in [0.29, 0.717) is 13.0 Å². The number of rotatable bonds is 10. The van der Waals surface area contributed by atoms with Gasteiger partial charge in [-0.2, -0.15) is 0 Å². The Bertz CT molecular complexity index is 1510. The standard InChI is InChI=1S/C30H27NO4S2/c1-23-10-7-16-27(30(23)35-22-24-11-3-2-4-12-24)17-8-15-25-13-5-6-14-26(25)19-20-28(32)31-37(33,34)29-18-9-21-36-29/h2-16,18-21H,17,22H2,1H3,(H,31,32)/b15-8+,20-19+. The summed E-state index contributed by atoms with van der Waals surface area (Å²) in [5, 5.41) is 1.65. The van der Waals surface area contributed by atoms with Crippen LogP contribution >= 0.6 is 11.3 Å². The number of sulfonamides is 1. The molecule has 0 fully saturated rings. The number of ether oxygens (including phenoxy) is 1. The molecule has 0 spiro atoms. The Labute approximate surface area is 221 Å². The third-order valence-corrected chi connectivity index (χ3v) is 8.30. The molecule has 188 valence electrons. The molecule has 0 aliphatic rings. The van der Waals surface area contributed by atoms with Gasteiger partial charge in [0.05, 0.1) is 0 Å². The van der Waals surface area contributed by atoms with Gasteiger partial charge in [-0.25, -0.2) is 13.1 Å². The van der Waals surface area contributed by atoms with Crippen LogP contribution in [0.3, 0.4) is 0 Å². The molecule has 4 aromatic rings. The molecule has 3 aromatic carbocycles. The largest absolute Gasteiger partial charge is 0.488 e. The number of nitrogens with one attached hydrogen (secondary N) is 1. The van der Waals surface area contributed by atoms with Gasteiger partial charge in [-0.1, -0.05) is 91.0 Å². The van der Waals surface area contributed by atoms with E-state index in [2.05, 4.69) is 16.9 Å². The zero-order valence-electron chi connectivity index (χ0n) is 20.3. The van der Waals surface area contributed by atoms with E-state index >= 15 is 0 Å². The average Bonchev–Trinajstić information content (AvgIpc) is 3.45. The lowest BCUT2D eigenvalue weighted by molar-refractivity contribution is -0.114. The van der Waals surface area contributed by atoms with Crippen molar-refractivity contribution in [2.75, 3.05) is 0 Å². The first kappa shape index (κ1) is 26.1. The average molecular weight is 530 g/mol. The first-order chi connectivity index (χ1) is 17.9. The monoisotopic (exact) mass is 529 g/mol. The van der Waals surface area contributed by atoms with Crippen LogP contribution in [0, 0.1) is 6.92 Å². The highest BCUT2D eigenvalue weighted by atomic mass is 32.2. The minimum atomic E-state index is -3.86. The van der Waals surface area contributed by atoms with Gasteiger partial charge in [0.2, 0.25) is 0 Å². The maximum absolute atomic E-state index is 12.3. The van der Waals surface area contributed by atoms with Crippen molar-refractivity contribution in [2.45, 2.75) is 24.2 Å². The van der Waals surface area contributed by atoms with E-state index in [9.17, 15) is 13.2 Å². The highest BCUT2D eigenvalue weighted by molar-refractivity contribution is 7.92. The number of amides is 1. The molecule has 0 aliphatic carbocycles. The van der Waals surface area contributed by atoms with E-state index in [1.807, 2.05) is 79.7 Å². The third-order valence-electron chi connectivity index (χ3n) is 5.56. The summed E-state index contributed by atoms with van der Waals surface area (Å²) in [5.41, 5.74) is 4.98. The zero-order valence-corrected chi connectivity index (χ0v) is 22.0. The third kappa shape index (κ3) is 7.29. The van der Waals surface area contributed by atoms with Gasteiger partial charge in [0.15, 0.2) is 0 Å². The molecule has 7 heteroatoms. The number of aryl methyl sites for hydroxylation is 1. The predicted molar refractivity (Wildman–Crippen MR) is 150 cm³/mol. The molecule has 0 atom stereocenters. The Morgan fingerprint density at radius 1 is 0.892 bits per heavy atom. The second-order valence-electron chi connectivity index (χ2n) is 8.31. The van der Waals surface area contributed by atoms with E-state index in [1.165, 1.54) is 12.1 Å². The molecule has 5 nitrogen and oxygen atoms in total. The molecule has 1 aromatic heterocycles. The van der Waals surface area contributed by atoms with Crippen molar-refractivity contribution >= 4 is 39.4 Å². The number of thiophene rings is 1. The summed E-state index contributed by atoms with van der Waals surface area (Å²) in [6, 6.07) is 26.9. The molecule has 37 heavy (non-hydrogen) atoms. The van der Waals surface area contributed by atoms with Crippen LogP contribution in [0.2, 0.25) is 0 Å². The molecule has 4 rings (SSSR count). The van der Waals surface area contributed by atoms with Crippen molar-refractivity contribution in [1.29, 1.82) is 0 Å². The van der Waals surface area contributed by atoms with Crippen LogP contribution in [0.1, 0.15) is 27.8 Å². The molecule has 0 saturated carbocycles. The predicted octanol–water partition coefficient (Wildman–Crippen LogP) is 6.41. The normalized spacial score (nSPS) is 11.7. The van der Waals surface area contributed by atoms with Crippen molar-refractivity contribution in [2.24, 2.45) is 0 Å². The molecule has 0 unspecified atom stereocenters. The van der Waals surface area contributed by atoms with E-state index in [1.54, 1.807) is 17.5 Å². The van der Waals surface area contributed by atoms with Crippen molar-refractivity contribution in [3.63, 3.8) is 0 Å². The zero-order chi connectivity index (χ0) is 26.1. The van der Waals surface area contributed by atoms with Gasteiger partial charge in [0.25, 0.3) is 15.9 Å². The van der Waals surface area contributed by atoms with Crippen LogP contribution in [-0.4, -0.2) is 14.3 Å². The molecule has 1 heterocycles. The Morgan fingerprint density at radius 3 is 2.35 bits per heavy atom. The molecule has 0 saturated heterocycles. The van der Waals surface area contributed by atoms with Crippen LogP contribution < -0.4 is 9.46 Å².